The van der Waals surface area contributed by atoms with E-state index in [1.54, 1.807) is 12.1 Å². The first-order valence-electron chi connectivity index (χ1n) is 9.92. The number of hydrogen-bond donors (Lipinski definition) is 4. The summed E-state index contributed by atoms with van der Waals surface area (Å²) < 4.78 is 13.5. The molecular weight excluding hydrogens is 404 g/mol. The highest BCUT2D eigenvalue weighted by Crippen LogP contribution is 2.24. The van der Waals surface area contributed by atoms with Gasteiger partial charge in [-0.25, -0.2) is 4.79 Å². The Balaban J connectivity index is 1.70. The molecular formula is C20H30N6O3S. The molecule has 0 spiro atoms. The Labute approximate surface area is 181 Å². The zero-order valence-electron chi connectivity index (χ0n) is 17.4. The van der Waals surface area contributed by atoms with E-state index in [2.05, 4.69) is 26.9 Å². The summed E-state index contributed by atoms with van der Waals surface area (Å²) in [5, 5.41) is 3.20. The number of benzene rings is 1. The quantitative estimate of drug-likeness (QED) is 0.211. The molecule has 2 rings (SSSR count). The van der Waals surface area contributed by atoms with Crippen LogP contribution in [0.15, 0.2) is 29.2 Å². The van der Waals surface area contributed by atoms with E-state index in [-0.39, 0.29) is 17.8 Å². The Morgan fingerprint density at radius 3 is 2.73 bits per heavy atom. The number of carbonyl (C=O) groups excluding carboxylic acids is 1. The lowest BCUT2D eigenvalue weighted by Gasteiger charge is -2.12. The number of anilines is 3. The van der Waals surface area contributed by atoms with Crippen molar-refractivity contribution in [1.29, 1.82) is 0 Å². The average Bonchev–Trinajstić information content (AvgIpc) is 2.76. The molecule has 0 atom stereocenters. The lowest BCUT2D eigenvalue weighted by atomic mass is 10.2. The molecule has 0 bridgehead atoms. The average molecular weight is 435 g/mol. The molecule has 1 heterocycles. The molecule has 10 heteroatoms. The number of esters is 1. The summed E-state index contributed by atoms with van der Waals surface area (Å²) in [6.07, 6.45) is 3.80. The van der Waals surface area contributed by atoms with Crippen molar-refractivity contribution in [2.24, 2.45) is 0 Å². The van der Waals surface area contributed by atoms with Gasteiger partial charge in [0.15, 0.2) is 11.6 Å². The minimum absolute atomic E-state index is 0.214. The Hall–Kier alpha value is -2.72. The van der Waals surface area contributed by atoms with Crippen molar-refractivity contribution >= 4 is 35.2 Å². The number of unbranched alkanes of at least 4 members (excludes halogenated alkanes) is 2. The summed E-state index contributed by atoms with van der Waals surface area (Å²) in [6.45, 7) is 4.13. The fourth-order valence-electron chi connectivity index (χ4n) is 2.44. The van der Waals surface area contributed by atoms with E-state index in [1.165, 1.54) is 19.1 Å². The Kier molecular flexibility index (Phi) is 10.0. The fraction of sp³-hybridized carbons (Fsp3) is 0.450. The maximum Gasteiger partial charge on any atom is 0.337 e. The number of aromatic nitrogens is 2. The van der Waals surface area contributed by atoms with Crippen molar-refractivity contribution in [2.75, 3.05) is 43.6 Å². The standard InChI is InChI=1S/C20H30N6O3S/c1-3-4-12-29-20-25-17(22)16(21)18(26-20)23-10-5-6-11-24-30-15-9-7-8-14(13-15)19(27)28-2/h7-9,13,24H,3-6,10-12,21H2,1-2H3,(H3,22,23,25,26). The molecule has 0 saturated carbocycles. The molecule has 0 aliphatic carbocycles. The van der Waals surface area contributed by atoms with Gasteiger partial charge in [-0.1, -0.05) is 19.4 Å². The minimum Gasteiger partial charge on any atom is -0.465 e. The lowest BCUT2D eigenvalue weighted by molar-refractivity contribution is 0.0600. The van der Waals surface area contributed by atoms with Crippen LogP contribution in [0.5, 0.6) is 6.01 Å². The van der Waals surface area contributed by atoms with Gasteiger partial charge in [-0.15, -0.1) is 0 Å². The van der Waals surface area contributed by atoms with Gasteiger partial charge in [0, 0.05) is 18.0 Å². The highest BCUT2D eigenvalue weighted by Gasteiger charge is 2.10. The topological polar surface area (TPSA) is 137 Å². The van der Waals surface area contributed by atoms with Crippen LogP contribution >= 0.6 is 11.9 Å². The van der Waals surface area contributed by atoms with E-state index in [9.17, 15) is 4.79 Å². The molecule has 0 radical (unpaired) electrons. The first kappa shape index (κ1) is 23.6. The third kappa shape index (κ3) is 7.60. The molecule has 1 aromatic heterocycles. The zero-order chi connectivity index (χ0) is 21.8. The third-order valence-corrected chi connectivity index (χ3v) is 4.96. The Bertz CT molecular complexity index is 821. The molecule has 2 aromatic rings. The van der Waals surface area contributed by atoms with Crippen molar-refractivity contribution in [3.8, 4) is 6.01 Å². The molecule has 164 valence electrons. The highest BCUT2D eigenvalue weighted by atomic mass is 32.2. The van der Waals surface area contributed by atoms with Gasteiger partial charge < -0.3 is 26.3 Å². The second kappa shape index (κ2) is 12.8. The van der Waals surface area contributed by atoms with E-state index >= 15 is 0 Å². The number of nitrogen functional groups attached to an aromatic ring is 2. The maximum absolute atomic E-state index is 11.6. The van der Waals surface area contributed by atoms with Crippen LogP contribution in [0.4, 0.5) is 17.3 Å². The van der Waals surface area contributed by atoms with Crippen LogP contribution in [0.3, 0.4) is 0 Å². The van der Waals surface area contributed by atoms with Crippen molar-refractivity contribution in [1.82, 2.24) is 14.7 Å². The van der Waals surface area contributed by atoms with Crippen LogP contribution in [0.2, 0.25) is 0 Å². The van der Waals surface area contributed by atoms with Gasteiger partial charge in [-0.05, 0) is 49.4 Å². The molecule has 0 aliphatic rings. The van der Waals surface area contributed by atoms with Crippen LogP contribution in [-0.4, -0.2) is 42.7 Å². The summed E-state index contributed by atoms with van der Waals surface area (Å²) in [5.41, 5.74) is 12.7. The number of hydrogen-bond acceptors (Lipinski definition) is 10. The molecule has 30 heavy (non-hydrogen) atoms. The first-order chi connectivity index (χ1) is 14.5. The first-order valence-corrected chi connectivity index (χ1v) is 10.7. The number of ether oxygens (including phenoxy) is 2. The fourth-order valence-corrected chi connectivity index (χ4v) is 3.19. The van der Waals surface area contributed by atoms with Crippen molar-refractivity contribution in [2.45, 2.75) is 37.5 Å². The van der Waals surface area contributed by atoms with Crippen LogP contribution in [0, 0.1) is 0 Å². The van der Waals surface area contributed by atoms with Gasteiger partial charge >= 0.3 is 12.0 Å². The minimum atomic E-state index is -0.341. The van der Waals surface area contributed by atoms with Crippen molar-refractivity contribution in [3.05, 3.63) is 29.8 Å². The predicted molar refractivity (Wildman–Crippen MR) is 121 cm³/mol. The van der Waals surface area contributed by atoms with Crippen LogP contribution in [0.1, 0.15) is 43.0 Å². The van der Waals surface area contributed by atoms with Gasteiger partial charge in [0.1, 0.15) is 5.69 Å². The van der Waals surface area contributed by atoms with Crippen LogP contribution in [-0.2, 0) is 4.74 Å². The largest absolute Gasteiger partial charge is 0.465 e. The van der Waals surface area contributed by atoms with Crippen LogP contribution < -0.4 is 26.2 Å². The molecule has 0 saturated heterocycles. The maximum atomic E-state index is 11.6. The van der Waals surface area contributed by atoms with Gasteiger partial charge in [0.05, 0.1) is 19.3 Å². The van der Waals surface area contributed by atoms with Gasteiger partial charge in [-0.3, -0.25) is 4.72 Å². The Morgan fingerprint density at radius 2 is 1.97 bits per heavy atom. The SMILES string of the molecule is CCCCOc1nc(N)c(N)c(NCCCCNSc2cccc(C(=O)OC)c2)n1. The summed E-state index contributed by atoms with van der Waals surface area (Å²) in [5.74, 6) is 0.370. The second-order valence-electron chi connectivity index (χ2n) is 6.51. The van der Waals surface area contributed by atoms with Crippen molar-refractivity contribution in [3.63, 3.8) is 0 Å². The van der Waals surface area contributed by atoms with Crippen LogP contribution in [0.25, 0.3) is 0 Å². The molecule has 0 aliphatic heterocycles. The van der Waals surface area contributed by atoms with E-state index < -0.39 is 0 Å². The summed E-state index contributed by atoms with van der Waals surface area (Å²) in [6, 6.07) is 7.54. The molecule has 1 aromatic carbocycles. The molecule has 0 fully saturated rings. The number of carbonyl (C=O) groups is 1. The smallest absolute Gasteiger partial charge is 0.337 e. The molecule has 0 unspecified atom stereocenters. The molecule has 9 nitrogen and oxygen atoms in total. The zero-order valence-corrected chi connectivity index (χ0v) is 18.3. The van der Waals surface area contributed by atoms with E-state index in [4.69, 9.17) is 20.9 Å². The molecule has 6 N–H and O–H groups in total. The van der Waals surface area contributed by atoms with E-state index in [1.807, 2.05) is 12.1 Å². The summed E-state index contributed by atoms with van der Waals surface area (Å²) in [4.78, 5) is 20.9. The summed E-state index contributed by atoms with van der Waals surface area (Å²) in [7, 11) is 1.37. The van der Waals surface area contributed by atoms with Gasteiger partial charge in [0.2, 0.25) is 0 Å². The molecule has 0 amide bonds. The predicted octanol–water partition coefficient (Wildman–Crippen LogP) is 3.10. The van der Waals surface area contributed by atoms with Gasteiger partial charge in [0.25, 0.3) is 0 Å². The number of nitrogens with one attached hydrogen (secondary N) is 2. The monoisotopic (exact) mass is 434 g/mol. The van der Waals surface area contributed by atoms with E-state index in [0.717, 1.165) is 37.1 Å². The van der Waals surface area contributed by atoms with Crippen molar-refractivity contribution < 1.29 is 14.3 Å². The lowest BCUT2D eigenvalue weighted by Crippen LogP contribution is -2.13. The number of methoxy groups -OCH3 is 1. The summed E-state index contributed by atoms with van der Waals surface area (Å²) >= 11 is 1.48. The normalized spacial score (nSPS) is 10.6. The Morgan fingerprint density at radius 1 is 1.17 bits per heavy atom. The number of nitrogens with zero attached hydrogens (tertiary/aromatic N) is 2. The second-order valence-corrected chi connectivity index (χ2v) is 7.47. The van der Waals surface area contributed by atoms with Gasteiger partial charge in [-0.2, -0.15) is 9.97 Å². The van der Waals surface area contributed by atoms with E-state index in [0.29, 0.717) is 30.2 Å². The number of rotatable bonds is 13. The highest BCUT2D eigenvalue weighted by molar-refractivity contribution is 7.97. The third-order valence-electron chi connectivity index (χ3n) is 4.13. The number of nitrogens with two attached hydrogens (primary N) is 2.